The molecule has 1 aliphatic rings. The number of carbonyl (C=O) groups excluding carboxylic acids is 1. The van der Waals surface area contributed by atoms with Crippen LogP contribution in [0.2, 0.25) is 0 Å². The van der Waals surface area contributed by atoms with Gasteiger partial charge in [-0.1, -0.05) is 6.07 Å². The van der Waals surface area contributed by atoms with E-state index in [1.54, 1.807) is 0 Å². The highest BCUT2D eigenvalue weighted by Gasteiger charge is 2.14. The number of carbonyl (C=O) groups is 1. The van der Waals surface area contributed by atoms with Crippen molar-refractivity contribution in [2.24, 2.45) is 0 Å². The molecular weight excluding hydrogens is 186 g/mol. The average Bonchev–Trinajstić information content (AvgIpc) is 2.57. The van der Waals surface area contributed by atoms with Gasteiger partial charge in [-0.3, -0.25) is 4.79 Å². The Hall–Kier alpha value is -1.51. The van der Waals surface area contributed by atoms with Gasteiger partial charge in [-0.05, 0) is 35.8 Å². The second kappa shape index (κ2) is 3.33. The fourth-order valence-electron chi connectivity index (χ4n) is 1.52. The predicted molar refractivity (Wildman–Crippen MR) is 48.6 cm³/mol. The van der Waals surface area contributed by atoms with Crippen molar-refractivity contribution in [3.8, 4) is 0 Å². The molecular formula is C11H8F2O. The molecule has 72 valence electrons. The van der Waals surface area contributed by atoms with Crippen LogP contribution in [0.5, 0.6) is 0 Å². The molecule has 2 rings (SSSR count). The van der Waals surface area contributed by atoms with Crippen LogP contribution in [-0.4, -0.2) is 5.78 Å². The first-order valence-corrected chi connectivity index (χ1v) is 4.35. The van der Waals surface area contributed by atoms with Crippen LogP contribution in [0.1, 0.15) is 18.4 Å². The lowest BCUT2D eigenvalue weighted by Crippen LogP contribution is -1.87. The van der Waals surface area contributed by atoms with Crippen molar-refractivity contribution in [2.45, 2.75) is 12.8 Å². The van der Waals surface area contributed by atoms with Crippen LogP contribution in [0, 0.1) is 11.6 Å². The molecule has 14 heavy (non-hydrogen) atoms. The Morgan fingerprint density at radius 3 is 2.43 bits per heavy atom. The van der Waals surface area contributed by atoms with Crippen molar-refractivity contribution in [1.29, 1.82) is 0 Å². The minimum atomic E-state index is -0.872. The van der Waals surface area contributed by atoms with Gasteiger partial charge in [-0.15, -0.1) is 0 Å². The van der Waals surface area contributed by atoms with Crippen LogP contribution in [0.15, 0.2) is 24.3 Å². The van der Waals surface area contributed by atoms with Crippen molar-refractivity contribution >= 4 is 11.4 Å². The zero-order valence-electron chi connectivity index (χ0n) is 7.39. The molecule has 0 N–H and O–H groups in total. The standard InChI is InChI=1S/C11H8F2O/c12-10-4-2-8(6-11(10)13)7-1-3-9(14)5-7/h2,4-6H,1,3H2. The molecule has 0 saturated heterocycles. The predicted octanol–water partition coefficient (Wildman–Crippen LogP) is 2.71. The van der Waals surface area contributed by atoms with Crippen LogP contribution in [0.3, 0.4) is 0 Å². The van der Waals surface area contributed by atoms with Crippen molar-refractivity contribution in [1.82, 2.24) is 0 Å². The van der Waals surface area contributed by atoms with Crippen LogP contribution in [-0.2, 0) is 4.79 Å². The van der Waals surface area contributed by atoms with Crippen LogP contribution in [0.4, 0.5) is 8.78 Å². The van der Waals surface area contributed by atoms with Gasteiger partial charge >= 0.3 is 0 Å². The van der Waals surface area contributed by atoms with Gasteiger partial charge in [0.15, 0.2) is 17.4 Å². The third kappa shape index (κ3) is 1.58. The normalized spacial score (nSPS) is 15.9. The quantitative estimate of drug-likeness (QED) is 0.671. The van der Waals surface area contributed by atoms with Gasteiger partial charge < -0.3 is 0 Å². The average molecular weight is 194 g/mol. The van der Waals surface area contributed by atoms with E-state index in [4.69, 9.17) is 0 Å². The maximum Gasteiger partial charge on any atom is 0.159 e. The molecule has 1 nitrogen and oxygen atoms in total. The summed E-state index contributed by atoms with van der Waals surface area (Å²) in [5.41, 5.74) is 1.38. The van der Waals surface area contributed by atoms with Crippen LogP contribution >= 0.6 is 0 Å². The highest BCUT2D eigenvalue weighted by atomic mass is 19.2. The molecule has 0 atom stereocenters. The lowest BCUT2D eigenvalue weighted by molar-refractivity contribution is -0.114. The molecule has 1 aromatic carbocycles. The summed E-state index contributed by atoms with van der Waals surface area (Å²) >= 11 is 0. The fraction of sp³-hybridized carbons (Fsp3) is 0.182. The number of hydrogen-bond acceptors (Lipinski definition) is 1. The maximum atomic E-state index is 12.8. The van der Waals surface area contributed by atoms with Gasteiger partial charge in [-0.25, -0.2) is 8.78 Å². The van der Waals surface area contributed by atoms with E-state index in [0.29, 0.717) is 18.4 Å². The summed E-state index contributed by atoms with van der Waals surface area (Å²) in [6.45, 7) is 0. The number of ketones is 1. The van der Waals surface area contributed by atoms with E-state index in [-0.39, 0.29) is 5.78 Å². The second-order valence-electron chi connectivity index (χ2n) is 3.26. The Bertz CT molecular complexity index is 421. The highest BCUT2D eigenvalue weighted by molar-refractivity contribution is 6.01. The van der Waals surface area contributed by atoms with Gasteiger partial charge in [0.05, 0.1) is 0 Å². The third-order valence-electron chi connectivity index (χ3n) is 2.27. The molecule has 0 bridgehead atoms. The molecule has 0 heterocycles. The van der Waals surface area contributed by atoms with Crippen molar-refractivity contribution < 1.29 is 13.6 Å². The van der Waals surface area contributed by atoms with Gasteiger partial charge in [0, 0.05) is 6.42 Å². The number of rotatable bonds is 1. The van der Waals surface area contributed by atoms with E-state index in [2.05, 4.69) is 0 Å². The first-order valence-electron chi connectivity index (χ1n) is 4.35. The summed E-state index contributed by atoms with van der Waals surface area (Å²) in [5.74, 6) is -1.69. The molecule has 0 aliphatic heterocycles. The van der Waals surface area contributed by atoms with Gasteiger partial charge in [0.25, 0.3) is 0 Å². The third-order valence-corrected chi connectivity index (χ3v) is 2.27. The van der Waals surface area contributed by atoms with E-state index in [1.807, 2.05) is 0 Å². The maximum absolute atomic E-state index is 12.8. The van der Waals surface area contributed by atoms with Crippen LogP contribution in [0.25, 0.3) is 5.57 Å². The lowest BCUT2D eigenvalue weighted by Gasteiger charge is -2.01. The Kier molecular flexibility index (Phi) is 2.15. The number of hydrogen-bond donors (Lipinski definition) is 0. The van der Waals surface area contributed by atoms with E-state index >= 15 is 0 Å². The Balaban J connectivity index is 2.38. The van der Waals surface area contributed by atoms with E-state index in [0.717, 1.165) is 17.7 Å². The SMILES string of the molecule is O=C1C=C(c2ccc(F)c(F)c2)CC1. The summed E-state index contributed by atoms with van der Waals surface area (Å²) < 4.78 is 25.4. The largest absolute Gasteiger partial charge is 0.295 e. The molecule has 0 fully saturated rings. The highest BCUT2D eigenvalue weighted by Crippen LogP contribution is 2.26. The minimum absolute atomic E-state index is 0.0460. The van der Waals surface area contributed by atoms with Gasteiger partial charge in [0.1, 0.15) is 0 Å². The Labute approximate surface area is 80.1 Å². The molecule has 3 heteroatoms. The Morgan fingerprint density at radius 1 is 1.07 bits per heavy atom. The number of benzene rings is 1. The molecule has 0 amide bonds. The van der Waals surface area contributed by atoms with Gasteiger partial charge in [-0.2, -0.15) is 0 Å². The van der Waals surface area contributed by atoms with E-state index in [1.165, 1.54) is 12.1 Å². The van der Waals surface area contributed by atoms with Crippen molar-refractivity contribution in [3.05, 3.63) is 41.5 Å². The molecule has 0 spiro atoms. The van der Waals surface area contributed by atoms with Gasteiger partial charge in [0.2, 0.25) is 0 Å². The summed E-state index contributed by atoms with van der Waals surface area (Å²) in [6.07, 6.45) is 2.57. The Morgan fingerprint density at radius 2 is 1.86 bits per heavy atom. The molecule has 0 radical (unpaired) electrons. The van der Waals surface area contributed by atoms with E-state index in [9.17, 15) is 13.6 Å². The summed E-state index contributed by atoms with van der Waals surface area (Å²) in [6, 6.07) is 3.69. The molecule has 1 aromatic rings. The monoisotopic (exact) mass is 194 g/mol. The van der Waals surface area contributed by atoms with E-state index < -0.39 is 11.6 Å². The topological polar surface area (TPSA) is 17.1 Å². The molecule has 1 aliphatic carbocycles. The zero-order valence-corrected chi connectivity index (χ0v) is 7.39. The summed E-state index contributed by atoms with van der Waals surface area (Å²) in [4.78, 5) is 10.9. The first-order chi connectivity index (χ1) is 6.66. The smallest absolute Gasteiger partial charge is 0.159 e. The number of halogens is 2. The molecule has 0 unspecified atom stereocenters. The molecule has 0 saturated carbocycles. The summed E-state index contributed by atoms with van der Waals surface area (Å²) in [7, 11) is 0. The lowest BCUT2D eigenvalue weighted by atomic mass is 10.1. The van der Waals surface area contributed by atoms with Crippen LogP contribution < -0.4 is 0 Å². The second-order valence-corrected chi connectivity index (χ2v) is 3.26. The zero-order chi connectivity index (χ0) is 10.1. The first kappa shape index (κ1) is 9.06. The fourth-order valence-corrected chi connectivity index (χ4v) is 1.52. The minimum Gasteiger partial charge on any atom is -0.295 e. The van der Waals surface area contributed by atoms with Crippen molar-refractivity contribution in [2.75, 3.05) is 0 Å². The summed E-state index contributed by atoms with van der Waals surface area (Å²) in [5, 5.41) is 0. The number of allylic oxidation sites excluding steroid dienone is 2. The molecule has 0 aromatic heterocycles. The van der Waals surface area contributed by atoms with Crippen molar-refractivity contribution in [3.63, 3.8) is 0 Å².